The lowest BCUT2D eigenvalue weighted by Crippen LogP contribution is -2.56. The summed E-state index contributed by atoms with van der Waals surface area (Å²) in [4.78, 5) is 2.27. The molecule has 1 aromatic rings. The van der Waals surface area contributed by atoms with E-state index >= 15 is 0 Å². The van der Waals surface area contributed by atoms with Gasteiger partial charge < -0.3 is 24.8 Å². The van der Waals surface area contributed by atoms with Crippen LogP contribution in [-0.2, 0) is 0 Å². The summed E-state index contributed by atoms with van der Waals surface area (Å²) in [7, 11) is 0. The number of ether oxygens (including phenoxy) is 2. The minimum Gasteiger partial charge on any atom is -0.454 e. The fraction of sp³-hybridized carbons (Fsp3) is 0.538. The van der Waals surface area contributed by atoms with Crippen molar-refractivity contribution >= 4 is 5.69 Å². The predicted octanol–water partition coefficient (Wildman–Crippen LogP) is 0.574. The fourth-order valence-corrected chi connectivity index (χ4v) is 2.58. The van der Waals surface area contributed by atoms with Crippen LogP contribution in [0.3, 0.4) is 0 Å². The SMILES string of the molecule is CC1CN(c2ccc3c(c2)OCO3)CC(CO)N1. The topological polar surface area (TPSA) is 54.0 Å². The van der Waals surface area contributed by atoms with Crippen LogP contribution < -0.4 is 19.7 Å². The Kier molecular flexibility index (Phi) is 3.01. The van der Waals surface area contributed by atoms with Crippen molar-refractivity contribution in [1.82, 2.24) is 5.32 Å². The van der Waals surface area contributed by atoms with Crippen molar-refractivity contribution in [2.75, 3.05) is 31.4 Å². The maximum absolute atomic E-state index is 9.29. The minimum atomic E-state index is 0.124. The number of anilines is 1. The maximum Gasteiger partial charge on any atom is 0.231 e. The number of nitrogens with one attached hydrogen (secondary N) is 1. The van der Waals surface area contributed by atoms with Gasteiger partial charge in [-0.15, -0.1) is 0 Å². The van der Waals surface area contributed by atoms with Gasteiger partial charge in [-0.25, -0.2) is 0 Å². The normalized spacial score (nSPS) is 26.4. The summed E-state index contributed by atoms with van der Waals surface area (Å²) in [6, 6.07) is 6.48. The summed E-state index contributed by atoms with van der Waals surface area (Å²) in [5, 5.41) is 12.7. The van der Waals surface area contributed by atoms with E-state index < -0.39 is 0 Å². The maximum atomic E-state index is 9.29. The molecule has 0 radical (unpaired) electrons. The Morgan fingerprint density at radius 3 is 3.00 bits per heavy atom. The molecular formula is C13H18N2O3. The number of aliphatic hydroxyl groups is 1. The minimum absolute atomic E-state index is 0.124. The van der Waals surface area contributed by atoms with Crippen LogP contribution in [0.1, 0.15) is 6.92 Å². The Morgan fingerprint density at radius 1 is 1.33 bits per heavy atom. The molecule has 2 heterocycles. The smallest absolute Gasteiger partial charge is 0.231 e. The van der Waals surface area contributed by atoms with Crippen LogP contribution in [0.25, 0.3) is 0 Å². The Balaban J connectivity index is 1.81. The lowest BCUT2D eigenvalue weighted by Gasteiger charge is -2.38. The van der Waals surface area contributed by atoms with Gasteiger partial charge in [0.05, 0.1) is 6.61 Å². The van der Waals surface area contributed by atoms with Gasteiger partial charge in [-0.3, -0.25) is 0 Å². The average Bonchev–Trinajstić information content (AvgIpc) is 2.85. The van der Waals surface area contributed by atoms with E-state index in [1.165, 1.54) is 0 Å². The van der Waals surface area contributed by atoms with E-state index in [-0.39, 0.29) is 12.6 Å². The van der Waals surface area contributed by atoms with Gasteiger partial charge in [0.1, 0.15) is 0 Å². The van der Waals surface area contributed by atoms with E-state index in [4.69, 9.17) is 9.47 Å². The Hall–Kier alpha value is -1.46. The van der Waals surface area contributed by atoms with Crippen molar-refractivity contribution < 1.29 is 14.6 Å². The molecule has 0 aromatic heterocycles. The number of nitrogens with zero attached hydrogens (tertiary/aromatic N) is 1. The van der Waals surface area contributed by atoms with E-state index in [0.717, 1.165) is 30.3 Å². The lowest BCUT2D eigenvalue weighted by atomic mass is 10.1. The van der Waals surface area contributed by atoms with Crippen LogP contribution >= 0.6 is 0 Å². The molecule has 5 nitrogen and oxygen atoms in total. The molecule has 0 amide bonds. The first-order chi connectivity index (χ1) is 8.76. The van der Waals surface area contributed by atoms with Gasteiger partial charge in [0, 0.05) is 36.9 Å². The first-order valence-electron chi connectivity index (χ1n) is 6.28. The predicted molar refractivity (Wildman–Crippen MR) is 68.2 cm³/mol. The van der Waals surface area contributed by atoms with Crippen molar-refractivity contribution in [2.45, 2.75) is 19.0 Å². The van der Waals surface area contributed by atoms with E-state index in [1.54, 1.807) is 0 Å². The molecule has 0 saturated carbocycles. The molecule has 2 N–H and O–H groups in total. The molecule has 2 aliphatic rings. The van der Waals surface area contributed by atoms with Crippen LogP contribution in [0.15, 0.2) is 18.2 Å². The summed E-state index contributed by atoms with van der Waals surface area (Å²) in [5.41, 5.74) is 1.12. The van der Waals surface area contributed by atoms with Gasteiger partial charge in [-0.05, 0) is 19.1 Å². The van der Waals surface area contributed by atoms with E-state index in [0.29, 0.717) is 12.8 Å². The Morgan fingerprint density at radius 2 is 2.17 bits per heavy atom. The van der Waals surface area contributed by atoms with Crippen LogP contribution in [0.2, 0.25) is 0 Å². The van der Waals surface area contributed by atoms with Crippen LogP contribution in [0.4, 0.5) is 5.69 Å². The summed E-state index contributed by atoms with van der Waals surface area (Å²) >= 11 is 0. The highest BCUT2D eigenvalue weighted by Gasteiger charge is 2.24. The highest BCUT2D eigenvalue weighted by Crippen LogP contribution is 2.35. The third-order valence-corrected chi connectivity index (χ3v) is 3.40. The molecule has 0 aliphatic carbocycles. The third kappa shape index (κ3) is 2.11. The number of rotatable bonds is 2. The van der Waals surface area contributed by atoms with Crippen LogP contribution in [-0.4, -0.2) is 43.7 Å². The van der Waals surface area contributed by atoms with Gasteiger partial charge in [0.25, 0.3) is 0 Å². The Labute approximate surface area is 106 Å². The van der Waals surface area contributed by atoms with Gasteiger partial charge in [-0.2, -0.15) is 0 Å². The van der Waals surface area contributed by atoms with E-state index in [9.17, 15) is 5.11 Å². The molecular weight excluding hydrogens is 232 g/mol. The second-order valence-corrected chi connectivity index (χ2v) is 4.89. The van der Waals surface area contributed by atoms with Crippen molar-refractivity contribution in [2.24, 2.45) is 0 Å². The first-order valence-corrected chi connectivity index (χ1v) is 6.28. The van der Waals surface area contributed by atoms with Crippen LogP contribution in [0.5, 0.6) is 11.5 Å². The zero-order chi connectivity index (χ0) is 12.5. The molecule has 98 valence electrons. The monoisotopic (exact) mass is 250 g/mol. The Bertz CT molecular complexity index is 438. The highest BCUT2D eigenvalue weighted by molar-refractivity contribution is 5.57. The number of benzene rings is 1. The van der Waals surface area contributed by atoms with Gasteiger partial charge in [0.15, 0.2) is 11.5 Å². The quantitative estimate of drug-likeness (QED) is 0.804. The molecule has 5 heteroatoms. The van der Waals surface area contributed by atoms with E-state index in [2.05, 4.69) is 17.1 Å². The highest BCUT2D eigenvalue weighted by atomic mass is 16.7. The van der Waals surface area contributed by atoms with Crippen molar-refractivity contribution in [3.05, 3.63) is 18.2 Å². The number of fused-ring (bicyclic) bond motifs is 1. The van der Waals surface area contributed by atoms with Crippen LogP contribution in [0, 0.1) is 0 Å². The summed E-state index contributed by atoms with van der Waals surface area (Å²) in [6.45, 7) is 4.32. The zero-order valence-corrected chi connectivity index (χ0v) is 10.4. The average molecular weight is 250 g/mol. The molecule has 2 atom stereocenters. The summed E-state index contributed by atoms with van der Waals surface area (Å²) in [5.74, 6) is 1.61. The second kappa shape index (κ2) is 4.66. The molecule has 1 fully saturated rings. The first kappa shape index (κ1) is 11.6. The van der Waals surface area contributed by atoms with Crippen molar-refractivity contribution in [3.8, 4) is 11.5 Å². The molecule has 2 aliphatic heterocycles. The van der Waals surface area contributed by atoms with Gasteiger partial charge in [-0.1, -0.05) is 0 Å². The standard InChI is InChI=1S/C13H18N2O3/c1-9-5-15(6-10(7-16)14-9)11-2-3-12-13(4-11)18-8-17-12/h2-4,9-10,14,16H,5-8H2,1H3. The third-order valence-electron chi connectivity index (χ3n) is 3.40. The molecule has 2 unspecified atom stereocenters. The summed E-state index contributed by atoms with van der Waals surface area (Å²) < 4.78 is 10.7. The fourth-order valence-electron chi connectivity index (χ4n) is 2.58. The van der Waals surface area contributed by atoms with Crippen molar-refractivity contribution in [1.29, 1.82) is 0 Å². The number of piperazine rings is 1. The molecule has 0 bridgehead atoms. The number of hydrogen-bond acceptors (Lipinski definition) is 5. The van der Waals surface area contributed by atoms with E-state index in [1.807, 2.05) is 18.2 Å². The molecule has 0 spiro atoms. The lowest BCUT2D eigenvalue weighted by molar-refractivity contribution is 0.174. The van der Waals surface area contributed by atoms with Gasteiger partial charge >= 0.3 is 0 Å². The summed E-state index contributed by atoms with van der Waals surface area (Å²) in [6.07, 6.45) is 0. The molecule has 1 aromatic carbocycles. The molecule has 18 heavy (non-hydrogen) atoms. The zero-order valence-electron chi connectivity index (χ0n) is 10.4. The second-order valence-electron chi connectivity index (χ2n) is 4.89. The van der Waals surface area contributed by atoms with Crippen molar-refractivity contribution in [3.63, 3.8) is 0 Å². The number of aliphatic hydroxyl groups excluding tert-OH is 1. The largest absolute Gasteiger partial charge is 0.454 e. The number of hydrogen-bond donors (Lipinski definition) is 2. The van der Waals surface area contributed by atoms with Gasteiger partial charge in [0.2, 0.25) is 6.79 Å². The molecule has 3 rings (SSSR count). The molecule has 1 saturated heterocycles.